The quantitative estimate of drug-likeness (QED) is 0.789. The van der Waals surface area contributed by atoms with Crippen molar-refractivity contribution in [3.63, 3.8) is 0 Å². The lowest BCUT2D eigenvalue weighted by Gasteiger charge is -2.14. The topological polar surface area (TPSA) is 72.9 Å². The van der Waals surface area contributed by atoms with Gasteiger partial charge in [-0.3, -0.25) is 8.89 Å². The van der Waals surface area contributed by atoms with Crippen molar-refractivity contribution in [2.45, 2.75) is 19.9 Å². The number of rotatable bonds is 4. The van der Waals surface area contributed by atoms with Gasteiger partial charge in [-0.15, -0.1) is 0 Å². The molecule has 0 aliphatic heterocycles. The van der Waals surface area contributed by atoms with Gasteiger partial charge in [-0.25, -0.2) is 0 Å². The zero-order valence-corrected chi connectivity index (χ0v) is 10.4. The number of hydrogen-bond donors (Lipinski definition) is 2. The monoisotopic (exact) mass is 230 g/mol. The van der Waals surface area contributed by atoms with Crippen molar-refractivity contribution in [3.8, 4) is 0 Å². The molecule has 1 rings (SSSR count). The second-order valence-corrected chi connectivity index (χ2v) is 5.24. The van der Waals surface area contributed by atoms with Gasteiger partial charge in [0.15, 0.2) is 0 Å². The average Bonchev–Trinajstić information content (AvgIpc) is 2.31. The summed E-state index contributed by atoms with van der Waals surface area (Å²) >= 11 is 0. The second-order valence-electron chi connectivity index (χ2n) is 3.76. The smallest absolute Gasteiger partial charge is 0.148 e. The van der Waals surface area contributed by atoms with Crippen molar-refractivity contribution >= 4 is 22.3 Å². The lowest BCUT2D eigenvalue weighted by atomic mass is 10.3. The molecule has 1 aromatic rings. The Morgan fingerprint density at radius 3 is 2.67 bits per heavy atom. The molecule has 0 fully saturated rings. The van der Waals surface area contributed by atoms with Gasteiger partial charge >= 0.3 is 0 Å². The van der Waals surface area contributed by atoms with Crippen LogP contribution in [-0.4, -0.2) is 32.0 Å². The number of nitrogens with two attached hydrogens (primary N) is 1. The minimum atomic E-state index is -0.809. The summed E-state index contributed by atoms with van der Waals surface area (Å²) in [5.41, 5.74) is 7.33. The molecule has 3 N–H and O–H groups in total. The Kier molecular flexibility index (Phi) is 3.73. The number of anilines is 2. The number of nitrogen functional groups attached to an aromatic ring is 1. The Morgan fingerprint density at radius 2 is 2.27 bits per heavy atom. The molecule has 2 atom stereocenters. The summed E-state index contributed by atoms with van der Waals surface area (Å²) in [5.74, 6) is 1.40. The number of aromatic nitrogens is 2. The van der Waals surface area contributed by atoms with Crippen molar-refractivity contribution in [2.24, 2.45) is 7.05 Å². The molecule has 0 aliphatic carbocycles. The SMILES string of the molecule is Cc1nn(C)c(NC(C)CS(C)=O)c1N. The van der Waals surface area contributed by atoms with Crippen LogP contribution in [0.4, 0.5) is 11.5 Å². The standard InChI is InChI=1S/C9H18N4OS/c1-6(5-15(4)14)11-9-8(10)7(2)12-13(9)3/h6,11H,5,10H2,1-4H3. The van der Waals surface area contributed by atoms with Crippen LogP contribution in [0, 0.1) is 6.92 Å². The summed E-state index contributed by atoms with van der Waals surface area (Å²) in [6, 6.07) is 0.118. The van der Waals surface area contributed by atoms with E-state index in [1.807, 2.05) is 20.9 Å². The van der Waals surface area contributed by atoms with Crippen LogP contribution in [-0.2, 0) is 17.8 Å². The fourth-order valence-electron chi connectivity index (χ4n) is 1.47. The second kappa shape index (κ2) is 4.65. The van der Waals surface area contributed by atoms with E-state index in [2.05, 4.69) is 10.4 Å². The first-order chi connectivity index (χ1) is 6.91. The van der Waals surface area contributed by atoms with Gasteiger partial charge in [-0.05, 0) is 13.8 Å². The molecule has 0 bridgehead atoms. The third kappa shape index (κ3) is 2.95. The highest BCUT2D eigenvalue weighted by Gasteiger charge is 2.12. The maximum atomic E-state index is 11.0. The fraction of sp³-hybridized carbons (Fsp3) is 0.667. The highest BCUT2D eigenvalue weighted by molar-refractivity contribution is 7.84. The van der Waals surface area contributed by atoms with Gasteiger partial charge in [0.1, 0.15) is 5.82 Å². The lowest BCUT2D eigenvalue weighted by Crippen LogP contribution is -2.24. The molecule has 1 aromatic heterocycles. The first kappa shape index (κ1) is 12.0. The summed E-state index contributed by atoms with van der Waals surface area (Å²) in [7, 11) is 1.03. The normalized spacial score (nSPS) is 14.9. The summed E-state index contributed by atoms with van der Waals surface area (Å²) in [4.78, 5) is 0. The molecule has 5 nitrogen and oxygen atoms in total. The molecule has 6 heteroatoms. The van der Waals surface area contributed by atoms with Gasteiger partial charge in [0.25, 0.3) is 0 Å². The molecule has 1 heterocycles. The van der Waals surface area contributed by atoms with Gasteiger partial charge in [-0.2, -0.15) is 5.10 Å². The Labute approximate surface area is 92.5 Å². The first-order valence-electron chi connectivity index (χ1n) is 4.77. The third-order valence-electron chi connectivity index (χ3n) is 2.14. The van der Waals surface area contributed by atoms with Gasteiger partial charge in [0, 0.05) is 35.9 Å². The van der Waals surface area contributed by atoms with E-state index in [1.165, 1.54) is 0 Å². The molecule has 0 aromatic carbocycles. The Hall–Kier alpha value is -1.04. The van der Waals surface area contributed by atoms with Crippen LogP contribution in [0.1, 0.15) is 12.6 Å². The van der Waals surface area contributed by atoms with Crippen LogP contribution in [0.15, 0.2) is 0 Å². The maximum Gasteiger partial charge on any atom is 0.148 e. The molecular weight excluding hydrogens is 212 g/mol. The summed E-state index contributed by atoms with van der Waals surface area (Å²) in [6.07, 6.45) is 1.69. The third-order valence-corrected chi connectivity index (χ3v) is 3.11. The highest BCUT2D eigenvalue weighted by atomic mass is 32.2. The molecule has 0 saturated heterocycles. The van der Waals surface area contributed by atoms with Crippen LogP contribution < -0.4 is 11.1 Å². The van der Waals surface area contributed by atoms with E-state index in [1.54, 1.807) is 10.9 Å². The van der Waals surface area contributed by atoms with Crippen molar-refractivity contribution in [2.75, 3.05) is 23.1 Å². The van der Waals surface area contributed by atoms with Crippen molar-refractivity contribution in [3.05, 3.63) is 5.69 Å². The van der Waals surface area contributed by atoms with E-state index in [0.29, 0.717) is 11.4 Å². The summed E-state index contributed by atoms with van der Waals surface area (Å²) < 4.78 is 12.7. The van der Waals surface area contributed by atoms with E-state index >= 15 is 0 Å². The Balaban J connectivity index is 2.76. The zero-order chi connectivity index (χ0) is 11.6. The molecule has 0 radical (unpaired) electrons. The molecule has 0 saturated carbocycles. The molecule has 0 aliphatic rings. The summed E-state index contributed by atoms with van der Waals surface area (Å²) in [6.45, 7) is 3.84. The predicted molar refractivity (Wildman–Crippen MR) is 64.4 cm³/mol. The van der Waals surface area contributed by atoms with Crippen LogP contribution in [0.5, 0.6) is 0 Å². The molecule has 0 amide bonds. The van der Waals surface area contributed by atoms with E-state index in [0.717, 1.165) is 11.5 Å². The molecule has 86 valence electrons. The first-order valence-corrected chi connectivity index (χ1v) is 6.50. The maximum absolute atomic E-state index is 11.0. The molecule has 15 heavy (non-hydrogen) atoms. The predicted octanol–water partition coefficient (Wildman–Crippen LogP) is 0.490. The number of nitrogens with one attached hydrogen (secondary N) is 1. The zero-order valence-electron chi connectivity index (χ0n) is 9.57. The van der Waals surface area contributed by atoms with E-state index in [-0.39, 0.29) is 6.04 Å². The molecular formula is C9H18N4OS. The Morgan fingerprint density at radius 1 is 1.67 bits per heavy atom. The lowest BCUT2D eigenvalue weighted by molar-refractivity contribution is 0.681. The molecule has 2 unspecified atom stereocenters. The van der Waals surface area contributed by atoms with Crippen molar-refractivity contribution < 1.29 is 4.21 Å². The number of hydrogen-bond acceptors (Lipinski definition) is 4. The fourth-order valence-corrected chi connectivity index (χ4v) is 2.26. The van der Waals surface area contributed by atoms with Crippen molar-refractivity contribution in [1.29, 1.82) is 0 Å². The van der Waals surface area contributed by atoms with Crippen LogP contribution in [0.3, 0.4) is 0 Å². The van der Waals surface area contributed by atoms with Crippen LogP contribution in [0.2, 0.25) is 0 Å². The van der Waals surface area contributed by atoms with Gasteiger partial charge in [0.05, 0.1) is 11.4 Å². The minimum Gasteiger partial charge on any atom is -0.394 e. The average molecular weight is 230 g/mol. The minimum absolute atomic E-state index is 0.118. The number of aryl methyl sites for hydroxylation is 2. The van der Waals surface area contributed by atoms with E-state index < -0.39 is 10.8 Å². The van der Waals surface area contributed by atoms with Gasteiger partial charge < -0.3 is 11.1 Å². The van der Waals surface area contributed by atoms with Gasteiger partial charge in [-0.1, -0.05) is 0 Å². The Bertz CT molecular complexity index is 374. The van der Waals surface area contributed by atoms with Crippen molar-refractivity contribution in [1.82, 2.24) is 9.78 Å². The molecule has 0 spiro atoms. The van der Waals surface area contributed by atoms with Crippen LogP contribution >= 0.6 is 0 Å². The van der Waals surface area contributed by atoms with E-state index in [4.69, 9.17) is 5.73 Å². The highest BCUT2D eigenvalue weighted by Crippen LogP contribution is 2.21. The van der Waals surface area contributed by atoms with Crippen LogP contribution in [0.25, 0.3) is 0 Å². The van der Waals surface area contributed by atoms with E-state index in [9.17, 15) is 4.21 Å². The summed E-state index contributed by atoms with van der Waals surface area (Å²) in [5, 5.41) is 7.41. The largest absolute Gasteiger partial charge is 0.394 e. The number of nitrogens with zero attached hydrogens (tertiary/aromatic N) is 2. The van der Waals surface area contributed by atoms with Gasteiger partial charge in [0.2, 0.25) is 0 Å².